The molecule has 0 atom stereocenters. The van der Waals surface area contributed by atoms with Gasteiger partial charge in [-0.05, 0) is 182 Å². The highest BCUT2D eigenvalue weighted by Crippen LogP contribution is 2.51. The first-order chi connectivity index (χ1) is 74.4. The fourth-order valence-corrected chi connectivity index (χ4v) is 22.7. The van der Waals surface area contributed by atoms with E-state index in [-0.39, 0.29) is 0 Å². The zero-order valence-electron chi connectivity index (χ0n) is 80.9. The van der Waals surface area contributed by atoms with E-state index >= 15 is 0 Å². The fraction of sp³-hybridized carbons (Fsp3) is 0. The molecule has 8 aromatic heterocycles. The van der Waals surface area contributed by atoms with Gasteiger partial charge in [-0.3, -0.25) is 0 Å². The van der Waals surface area contributed by atoms with Gasteiger partial charge in [0.1, 0.15) is 0 Å². The van der Waals surface area contributed by atoms with Crippen LogP contribution in [0.2, 0.25) is 0 Å². The van der Waals surface area contributed by atoms with Crippen molar-refractivity contribution in [3.05, 3.63) is 522 Å². The summed E-state index contributed by atoms with van der Waals surface area (Å²) in [4.78, 5) is 32.3. The predicted octanol–water partition coefficient (Wildman–Crippen LogP) is 35.9. The van der Waals surface area contributed by atoms with Gasteiger partial charge in [0.05, 0.1) is 55.5 Å². The minimum atomic E-state index is 0.560. The molecule has 0 N–H and O–H groups in total. The molecule has 0 radical (unpaired) electrons. The van der Waals surface area contributed by atoms with Crippen molar-refractivity contribution < 1.29 is 8.83 Å². The average Bonchev–Trinajstić information content (AvgIpc) is 1.54. The molecule has 0 bridgehead atoms. The average molecular weight is 1920 g/mol. The molecule has 0 amide bonds. The summed E-state index contributed by atoms with van der Waals surface area (Å²) in [6.45, 7) is 0. The number of rotatable bonds is 16. The zero-order chi connectivity index (χ0) is 98.8. The molecule has 0 saturated carbocycles. The van der Waals surface area contributed by atoms with Crippen molar-refractivity contribution in [2.24, 2.45) is 0 Å². The molecule has 700 valence electrons. The summed E-state index contributed by atoms with van der Waals surface area (Å²) in [5.41, 5.74) is 34.3. The van der Waals surface area contributed by atoms with Crippen molar-refractivity contribution in [3.8, 4) is 158 Å². The number of fused-ring (bicyclic) bond motifs is 22. The third kappa shape index (κ3) is 14.6. The molecule has 0 aliphatic rings. The van der Waals surface area contributed by atoms with E-state index < -0.39 is 0 Å². The summed E-state index contributed by atoms with van der Waals surface area (Å²) in [6, 6.07) is 184. The van der Waals surface area contributed by atoms with E-state index in [1.54, 1.807) is 0 Å². The van der Waals surface area contributed by atoms with Gasteiger partial charge < -0.3 is 27.1 Å². The van der Waals surface area contributed by atoms with Crippen molar-refractivity contribution in [2.75, 3.05) is 0 Å². The zero-order valence-corrected chi connectivity index (χ0v) is 80.9. The Bertz CT molecular complexity index is 10500. The van der Waals surface area contributed by atoms with Crippen molar-refractivity contribution in [1.29, 1.82) is 0 Å². The van der Waals surface area contributed by atoms with Crippen molar-refractivity contribution >= 4 is 131 Å². The van der Waals surface area contributed by atoms with Gasteiger partial charge in [-0.25, -0.2) is 29.9 Å². The van der Waals surface area contributed by atoms with Crippen LogP contribution in [0.15, 0.2) is 531 Å². The van der Waals surface area contributed by atoms with Crippen molar-refractivity contribution in [2.45, 2.75) is 0 Å². The monoisotopic (exact) mass is 1910 g/mol. The molecule has 0 aliphatic carbocycles. The summed E-state index contributed by atoms with van der Waals surface area (Å²) in [5, 5.41) is 13.2. The Morgan fingerprint density at radius 1 is 0.133 bits per heavy atom. The number of furan rings is 2. The summed E-state index contributed by atoms with van der Waals surface area (Å²) >= 11 is 0. The van der Waals surface area contributed by atoms with Gasteiger partial charge in [0.2, 0.25) is 0 Å². The molecule has 30 aromatic rings. The van der Waals surface area contributed by atoms with Gasteiger partial charge in [-0.15, -0.1) is 0 Å². The van der Waals surface area contributed by atoms with E-state index in [9.17, 15) is 0 Å². The second kappa shape index (κ2) is 35.9. The van der Waals surface area contributed by atoms with Gasteiger partial charge in [-0.1, -0.05) is 406 Å². The lowest BCUT2D eigenvalue weighted by Crippen LogP contribution is -2.04. The minimum absolute atomic E-state index is 0.560. The predicted molar refractivity (Wildman–Crippen MR) is 617 cm³/mol. The number of benzene rings is 22. The SMILES string of the molecule is c1ccc(-c2cccc(-c3nc(-c4cccc(-c5ccccc5)c4)nc(-c4ccccc4-n4c5ccccc5c5ccc6c7ccc8c9ccccc9n(-c9cccc(-c%10ccccc%10)c9)c8c7oc6c54)n3)c2)cc1.c1ccc(-c2cccc(-c3nc(-c4ccccc4-c4ccccc4)nc(-c4ccccc4-n4c5ccccc5c5ccc6c7ccc8c9ccccc9n(-c9cccc(-c%10ccccc%10)c9)c8c7oc6c54)n3)c2)cc1. The van der Waals surface area contributed by atoms with Crippen LogP contribution in [0.25, 0.3) is 289 Å². The maximum Gasteiger partial charge on any atom is 0.166 e. The fourth-order valence-electron chi connectivity index (χ4n) is 22.7. The summed E-state index contributed by atoms with van der Waals surface area (Å²) in [6.07, 6.45) is 0. The van der Waals surface area contributed by atoms with Crippen molar-refractivity contribution in [1.82, 2.24) is 48.2 Å². The second-order valence-electron chi connectivity index (χ2n) is 38.2. The Labute approximate surface area is 861 Å². The normalized spacial score (nSPS) is 11.7. The summed E-state index contributed by atoms with van der Waals surface area (Å²) in [7, 11) is 0. The highest BCUT2D eigenvalue weighted by molar-refractivity contribution is 6.29. The standard InChI is InChI=1S/2C69H43N5O/c1-4-19-44(20-5-1)47-25-16-28-50(41-47)67-70-68(51-29-17-26-48(42-51)45-21-6-2-7-22-45)72-69(71-67)59-33-12-15-36-62(59)74-61-35-14-11-32-54(61)56-38-40-58-57-39-37-55-53-31-10-13-34-60(53)73(63(55)65(57)75-66(58)64(56)74)52-30-18-27-49(43-52)46-23-8-3-9-24-46;1-4-20-44(21-5-1)47-26-18-28-49(42-47)67-70-68(58-33-11-10-30-51(58)46-24-8-3-9-25-46)72-69(71-67)59-34-14-17-37-62(59)74-61-36-16-13-32-53(61)55-39-41-57-56-40-38-54-52-31-12-15-35-60(52)73(63(54)65(56)75-66(57)64(55)74)50-29-19-27-48(43-50)45-22-6-2-7-23-45/h2*1-43H. The maximum absolute atomic E-state index is 7.50. The molecule has 0 spiro atoms. The highest BCUT2D eigenvalue weighted by atomic mass is 16.3. The molecule has 0 fully saturated rings. The number of para-hydroxylation sites is 6. The van der Waals surface area contributed by atoms with Crippen LogP contribution in [-0.2, 0) is 0 Å². The van der Waals surface area contributed by atoms with E-state index in [4.69, 9.17) is 38.7 Å². The number of nitrogens with zero attached hydrogens (tertiary/aromatic N) is 10. The van der Waals surface area contributed by atoms with E-state index in [1.807, 2.05) is 24.3 Å². The summed E-state index contributed by atoms with van der Waals surface area (Å²) < 4.78 is 24.5. The molecule has 0 aliphatic heterocycles. The molecule has 0 unspecified atom stereocenters. The van der Waals surface area contributed by atoms with Crippen LogP contribution < -0.4 is 0 Å². The van der Waals surface area contributed by atoms with Gasteiger partial charge in [0.25, 0.3) is 0 Å². The second-order valence-corrected chi connectivity index (χ2v) is 38.2. The Hall–Kier alpha value is -20.3. The van der Waals surface area contributed by atoms with Crippen LogP contribution in [-0.4, -0.2) is 48.2 Å². The quantitative estimate of drug-likeness (QED) is 0.0937. The van der Waals surface area contributed by atoms with Crippen LogP contribution in [0.3, 0.4) is 0 Å². The first-order valence-corrected chi connectivity index (χ1v) is 50.7. The van der Waals surface area contributed by atoms with Crippen molar-refractivity contribution in [3.63, 3.8) is 0 Å². The molecule has 12 nitrogen and oxygen atoms in total. The number of hydrogen-bond donors (Lipinski definition) is 0. The first kappa shape index (κ1) is 86.3. The van der Waals surface area contributed by atoms with Gasteiger partial charge >= 0.3 is 0 Å². The Morgan fingerprint density at radius 3 is 0.687 bits per heavy atom. The van der Waals surface area contributed by atoms with Gasteiger partial charge in [0, 0.05) is 109 Å². The molecule has 8 heterocycles. The lowest BCUT2D eigenvalue weighted by molar-refractivity contribution is 0.673. The van der Waals surface area contributed by atoms with E-state index in [2.05, 4.69) is 516 Å². The Kier molecular flexibility index (Phi) is 20.7. The third-order valence-corrected chi connectivity index (χ3v) is 29.6. The van der Waals surface area contributed by atoms with E-state index in [1.165, 1.54) is 21.9 Å². The Morgan fingerprint density at radius 2 is 0.353 bits per heavy atom. The molecule has 0 saturated heterocycles. The summed E-state index contributed by atoms with van der Waals surface area (Å²) in [5.74, 6) is 3.47. The van der Waals surface area contributed by atoms with Gasteiger partial charge in [-0.2, -0.15) is 0 Å². The minimum Gasteiger partial charge on any atom is -0.452 e. The maximum atomic E-state index is 7.50. The lowest BCUT2D eigenvalue weighted by Gasteiger charge is -2.15. The Balaban J connectivity index is 0.000000141. The molecule has 12 heteroatoms. The van der Waals surface area contributed by atoms with Crippen LogP contribution in [0.4, 0.5) is 0 Å². The lowest BCUT2D eigenvalue weighted by atomic mass is 9.99. The van der Waals surface area contributed by atoms with Gasteiger partial charge in [0.15, 0.2) is 57.3 Å². The first-order valence-electron chi connectivity index (χ1n) is 50.7. The molecule has 22 aromatic carbocycles. The molecular weight excluding hydrogens is 1830 g/mol. The smallest absolute Gasteiger partial charge is 0.166 e. The highest BCUT2D eigenvalue weighted by Gasteiger charge is 2.30. The van der Waals surface area contributed by atoms with Crippen LogP contribution in [0.1, 0.15) is 0 Å². The third-order valence-electron chi connectivity index (χ3n) is 29.6. The largest absolute Gasteiger partial charge is 0.452 e. The number of hydrogen-bond acceptors (Lipinski definition) is 8. The van der Waals surface area contributed by atoms with E-state index in [0.29, 0.717) is 34.9 Å². The molecular formula is C138H86N10O2. The topological polar surface area (TPSA) is 123 Å². The number of aromatic nitrogens is 10. The van der Waals surface area contributed by atoms with Crippen LogP contribution >= 0.6 is 0 Å². The van der Waals surface area contributed by atoms with Crippen LogP contribution in [0, 0.1) is 0 Å². The molecule has 150 heavy (non-hydrogen) atoms. The molecule has 30 rings (SSSR count). The van der Waals surface area contributed by atoms with Crippen LogP contribution in [0.5, 0.6) is 0 Å². The van der Waals surface area contributed by atoms with E-state index in [0.717, 1.165) is 232 Å².